The number of ether oxygens (including phenoxy) is 1. The Morgan fingerprint density at radius 2 is 2.10 bits per heavy atom. The van der Waals surface area contributed by atoms with E-state index in [1.807, 2.05) is 19.1 Å². The van der Waals surface area contributed by atoms with Crippen LogP contribution in [0.4, 0.5) is 0 Å². The van der Waals surface area contributed by atoms with Crippen LogP contribution in [0.5, 0.6) is 5.75 Å². The van der Waals surface area contributed by atoms with Crippen LogP contribution in [0, 0.1) is 0 Å². The maximum Gasteiger partial charge on any atom is 0.260 e. The van der Waals surface area contributed by atoms with Crippen LogP contribution < -0.4 is 4.74 Å². The third-order valence-electron chi connectivity index (χ3n) is 3.65. The summed E-state index contributed by atoms with van der Waals surface area (Å²) in [5.74, 6) is 0.695. The molecule has 0 fully saturated rings. The molecule has 1 aromatic carbocycles. The molecule has 0 bridgehead atoms. The van der Waals surface area contributed by atoms with Crippen LogP contribution in [0.2, 0.25) is 0 Å². The minimum Gasteiger partial charge on any atom is -0.484 e. The zero-order valence-electron chi connectivity index (χ0n) is 12.1. The van der Waals surface area contributed by atoms with Crippen LogP contribution in [0.1, 0.15) is 30.9 Å². The number of amides is 1. The highest BCUT2D eigenvalue weighted by Crippen LogP contribution is 2.25. The molecule has 4 nitrogen and oxygen atoms in total. The standard InChI is InChI=1S/C16H23NO3/c1-2-8-17(9-10-18)16(19)12-20-15-7-6-13-4-3-5-14(13)11-15/h6-7,11,18H,2-5,8-10,12H2,1H3. The number of aliphatic hydroxyl groups excluding tert-OH is 1. The molecule has 0 unspecified atom stereocenters. The number of rotatable bonds is 7. The molecule has 1 aliphatic carbocycles. The fourth-order valence-corrected chi connectivity index (χ4v) is 2.63. The molecule has 1 aliphatic rings. The Morgan fingerprint density at radius 3 is 2.85 bits per heavy atom. The normalized spacial score (nSPS) is 13.1. The van der Waals surface area contributed by atoms with Crippen LogP contribution in [-0.4, -0.2) is 42.2 Å². The molecule has 0 atom stereocenters. The molecule has 0 spiro atoms. The van der Waals surface area contributed by atoms with E-state index in [4.69, 9.17) is 9.84 Å². The molecule has 1 N–H and O–H groups in total. The quantitative estimate of drug-likeness (QED) is 0.826. The van der Waals surface area contributed by atoms with Gasteiger partial charge in [0.15, 0.2) is 6.61 Å². The van der Waals surface area contributed by atoms with Crippen molar-refractivity contribution >= 4 is 5.91 Å². The van der Waals surface area contributed by atoms with Crippen LogP contribution in [0.3, 0.4) is 0 Å². The Bertz CT molecular complexity index is 453. The molecule has 0 heterocycles. The van der Waals surface area contributed by atoms with Gasteiger partial charge in [0.2, 0.25) is 0 Å². The fourth-order valence-electron chi connectivity index (χ4n) is 2.63. The monoisotopic (exact) mass is 277 g/mol. The van der Waals surface area contributed by atoms with Crippen molar-refractivity contribution in [1.29, 1.82) is 0 Å². The maximum atomic E-state index is 12.0. The first-order valence-electron chi connectivity index (χ1n) is 7.38. The Kier molecular flexibility index (Phi) is 5.41. The summed E-state index contributed by atoms with van der Waals surface area (Å²) in [7, 11) is 0. The van der Waals surface area contributed by atoms with E-state index in [2.05, 4.69) is 6.07 Å². The zero-order valence-corrected chi connectivity index (χ0v) is 12.1. The van der Waals surface area contributed by atoms with Crippen molar-refractivity contribution in [3.05, 3.63) is 29.3 Å². The summed E-state index contributed by atoms with van der Waals surface area (Å²) in [6.45, 7) is 3.08. The number of carbonyl (C=O) groups excluding carboxylic acids is 1. The Labute approximate surface area is 120 Å². The predicted molar refractivity (Wildman–Crippen MR) is 77.9 cm³/mol. The molecule has 0 aliphatic heterocycles. The second kappa shape index (κ2) is 7.29. The molecule has 1 aromatic rings. The molecular formula is C16H23NO3. The largest absolute Gasteiger partial charge is 0.484 e. The van der Waals surface area contributed by atoms with Gasteiger partial charge in [0.1, 0.15) is 5.75 Å². The van der Waals surface area contributed by atoms with Crippen molar-refractivity contribution in [1.82, 2.24) is 4.90 Å². The molecule has 0 saturated heterocycles. The van der Waals surface area contributed by atoms with E-state index in [1.54, 1.807) is 4.90 Å². The number of benzene rings is 1. The molecule has 20 heavy (non-hydrogen) atoms. The number of hydrogen-bond donors (Lipinski definition) is 1. The van der Waals surface area contributed by atoms with Crippen molar-refractivity contribution in [2.75, 3.05) is 26.3 Å². The van der Waals surface area contributed by atoms with Gasteiger partial charge in [-0.15, -0.1) is 0 Å². The number of carbonyl (C=O) groups is 1. The number of hydrogen-bond acceptors (Lipinski definition) is 3. The Hall–Kier alpha value is -1.55. The molecule has 110 valence electrons. The first-order chi connectivity index (χ1) is 9.74. The van der Waals surface area contributed by atoms with E-state index in [9.17, 15) is 4.79 Å². The van der Waals surface area contributed by atoms with Gasteiger partial charge in [0, 0.05) is 13.1 Å². The lowest BCUT2D eigenvalue weighted by Crippen LogP contribution is -2.37. The van der Waals surface area contributed by atoms with Crippen LogP contribution in [0.25, 0.3) is 0 Å². The Morgan fingerprint density at radius 1 is 1.30 bits per heavy atom. The third kappa shape index (κ3) is 3.73. The van der Waals surface area contributed by atoms with Crippen molar-refractivity contribution in [3.8, 4) is 5.75 Å². The summed E-state index contributed by atoms with van der Waals surface area (Å²) < 4.78 is 5.59. The third-order valence-corrected chi connectivity index (χ3v) is 3.65. The molecular weight excluding hydrogens is 254 g/mol. The molecule has 2 rings (SSSR count). The van der Waals surface area contributed by atoms with E-state index in [0.717, 1.165) is 25.0 Å². The SMILES string of the molecule is CCCN(CCO)C(=O)COc1ccc2c(c1)CCC2. The number of nitrogens with zero attached hydrogens (tertiary/aromatic N) is 1. The van der Waals surface area contributed by atoms with Gasteiger partial charge >= 0.3 is 0 Å². The zero-order chi connectivity index (χ0) is 14.4. The van der Waals surface area contributed by atoms with Gasteiger partial charge < -0.3 is 14.7 Å². The summed E-state index contributed by atoms with van der Waals surface area (Å²) in [5.41, 5.74) is 2.74. The van der Waals surface area contributed by atoms with Gasteiger partial charge in [-0.25, -0.2) is 0 Å². The van der Waals surface area contributed by atoms with Crippen molar-refractivity contribution < 1.29 is 14.6 Å². The smallest absolute Gasteiger partial charge is 0.260 e. The highest BCUT2D eigenvalue weighted by molar-refractivity contribution is 5.77. The van der Waals surface area contributed by atoms with Gasteiger partial charge in [-0.3, -0.25) is 4.79 Å². The average molecular weight is 277 g/mol. The fraction of sp³-hybridized carbons (Fsp3) is 0.562. The van der Waals surface area contributed by atoms with Crippen molar-refractivity contribution in [3.63, 3.8) is 0 Å². The maximum absolute atomic E-state index is 12.0. The molecule has 0 aromatic heterocycles. The highest BCUT2D eigenvalue weighted by Gasteiger charge is 2.14. The van der Waals surface area contributed by atoms with Crippen LogP contribution >= 0.6 is 0 Å². The van der Waals surface area contributed by atoms with Gasteiger partial charge in [-0.1, -0.05) is 13.0 Å². The molecule has 0 saturated carbocycles. The first-order valence-corrected chi connectivity index (χ1v) is 7.38. The number of aliphatic hydroxyl groups is 1. The summed E-state index contributed by atoms with van der Waals surface area (Å²) >= 11 is 0. The topological polar surface area (TPSA) is 49.8 Å². The summed E-state index contributed by atoms with van der Waals surface area (Å²) in [4.78, 5) is 13.7. The summed E-state index contributed by atoms with van der Waals surface area (Å²) in [5, 5.41) is 8.97. The van der Waals surface area contributed by atoms with E-state index < -0.39 is 0 Å². The van der Waals surface area contributed by atoms with Crippen molar-refractivity contribution in [2.45, 2.75) is 32.6 Å². The number of fused-ring (bicyclic) bond motifs is 1. The molecule has 4 heteroatoms. The molecule has 0 radical (unpaired) electrons. The Balaban J connectivity index is 1.89. The highest BCUT2D eigenvalue weighted by atomic mass is 16.5. The van der Waals surface area contributed by atoms with Gasteiger partial charge in [-0.2, -0.15) is 0 Å². The van der Waals surface area contributed by atoms with Crippen LogP contribution in [0.15, 0.2) is 18.2 Å². The minimum absolute atomic E-state index is 0.00934. The molecule has 1 amide bonds. The van der Waals surface area contributed by atoms with Crippen LogP contribution in [-0.2, 0) is 17.6 Å². The van der Waals surface area contributed by atoms with Gasteiger partial charge in [0.05, 0.1) is 6.61 Å². The lowest BCUT2D eigenvalue weighted by Gasteiger charge is -2.21. The van der Waals surface area contributed by atoms with E-state index >= 15 is 0 Å². The predicted octanol–water partition coefficient (Wildman–Crippen LogP) is 1.78. The second-order valence-electron chi connectivity index (χ2n) is 5.18. The minimum atomic E-state index is -0.0681. The number of aryl methyl sites for hydroxylation is 2. The second-order valence-corrected chi connectivity index (χ2v) is 5.18. The van der Waals surface area contributed by atoms with E-state index in [0.29, 0.717) is 13.1 Å². The lowest BCUT2D eigenvalue weighted by atomic mass is 10.1. The lowest BCUT2D eigenvalue weighted by molar-refractivity contribution is -0.133. The first kappa shape index (κ1) is 14.9. The van der Waals surface area contributed by atoms with Crippen molar-refractivity contribution in [2.24, 2.45) is 0 Å². The van der Waals surface area contributed by atoms with E-state index in [-0.39, 0.29) is 19.1 Å². The van der Waals surface area contributed by atoms with E-state index in [1.165, 1.54) is 17.5 Å². The summed E-state index contributed by atoms with van der Waals surface area (Å²) in [6, 6.07) is 6.08. The van der Waals surface area contributed by atoms with Gasteiger partial charge in [0.25, 0.3) is 5.91 Å². The average Bonchev–Trinajstić information content (AvgIpc) is 2.92. The van der Waals surface area contributed by atoms with Gasteiger partial charge in [-0.05, 0) is 48.9 Å². The summed E-state index contributed by atoms with van der Waals surface area (Å²) in [6.07, 6.45) is 4.34.